The van der Waals surface area contributed by atoms with Crippen LogP contribution in [0.1, 0.15) is 12.5 Å². The van der Waals surface area contributed by atoms with Crippen molar-refractivity contribution in [3.63, 3.8) is 0 Å². The molecule has 0 saturated carbocycles. The maximum absolute atomic E-state index is 12.8. The molecule has 3 rings (SSSR count). The van der Waals surface area contributed by atoms with Crippen LogP contribution in [0.2, 0.25) is 0 Å². The molecule has 10 heteroatoms. The highest BCUT2D eigenvalue weighted by atomic mass is 32.2. The minimum Gasteiger partial charge on any atom is -0.503 e. The second kappa shape index (κ2) is 7.18. The van der Waals surface area contributed by atoms with Crippen molar-refractivity contribution in [2.45, 2.75) is 18.6 Å². The van der Waals surface area contributed by atoms with Gasteiger partial charge >= 0.3 is 12.1 Å². The average Bonchev–Trinajstić information content (AvgIpc) is 3.19. The van der Waals surface area contributed by atoms with Gasteiger partial charge in [0.1, 0.15) is 11.9 Å². The molecular weight excluding hydrogens is 383 g/mol. The summed E-state index contributed by atoms with van der Waals surface area (Å²) in [6.45, 7) is 1.79. The molecule has 0 spiro atoms. The van der Waals surface area contributed by atoms with E-state index in [4.69, 9.17) is 9.47 Å². The van der Waals surface area contributed by atoms with E-state index >= 15 is 0 Å². The predicted octanol–water partition coefficient (Wildman–Crippen LogP) is 3.74. The van der Waals surface area contributed by atoms with Gasteiger partial charge in [0.05, 0.1) is 31.7 Å². The Morgan fingerprint density at radius 1 is 1.26 bits per heavy atom. The van der Waals surface area contributed by atoms with Gasteiger partial charge in [-0.05, 0) is 31.2 Å². The topological polar surface area (TPSA) is 54.4 Å². The van der Waals surface area contributed by atoms with E-state index in [2.05, 4.69) is 5.10 Å². The van der Waals surface area contributed by atoms with Crippen LogP contribution >= 0.6 is 11.8 Å². The number of esters is 1. The summed E-state index contributed by atoms with van der Waals surface area (Å²) >= 11 is 1.33. The first kappa shape index (κ1) is 19.2. The summed E-state index contributed by atoms with van der Waals surface area (Å²) < 4.78 is 48.1. The Bertz CT molecular complexity index is 834. The van der Waals surface area contributed by atoms with Crippen LogP contribution < -0.4 is 4.90 Å². The number of thioether (sulfide) groups is 1. The fraction of sp³-hybridized carbons (Fsp3) is 0.294. The number of benzene rings is 1. The number of methoxy groups -OCH3 is 2. The monoisotopic (exact) mass is 399 g/mol. The Kier molecular flexibility index (Phi) is 5.09. The number of ether oxygens (including phenoxy) is 2. The zero-order valence-corrected chi connectivity index (χ0v) is 15.5. The fourth-order valence-electron chi connectivity index (χ4n) is 2.69. The number of alkyl halides is 3. The number of anilines is 1. The lowest BCUT2D eigenvalue weighted by molar-refractivity contribution is -0.137. The Labute approximate surface area is 157 Å². The maximum atomic E-state index is 12.8. The van der Waals surface area contributed by atoms with E-state index < -0.39 is 17.7 Å². The highest BCUT2D eigenvalue weighted by molar-refractivity contribution is 8.04. The number of hydrazone groups is 1. The van der Waals surface area contributed by atoms with Crippen molar-refractivity contribution >= 4 is 29.8 Å². The van der Waals surface area contributed by atoms with Crippen LogP contribution in [0.15, 0.2) is 51.8 Å². The third-order valence-electron chi connectivity index (χ3n) is 4.02. The van der Waals surface area contributed by atoms with Gasteiger partial charge in [0.15, 0.2) is 5.50 Å². The molecular formula is C17H16F3N3O3S. The lowest BCUT2D eigenvalue weighted by Crippen LogP contribution is -2.33. The van der Waals surface area contributed by atoms with Crippen LogP contribution in [-0.2, 0) is 20.4 Å². The number of hydrogen-bond acceptors (Lipinski definition) is 7. The van der Waals surface area contributed by atoms with Gasteiger partial charge < -0.3 is 9.47 Å². The standard InChI is InChI=1S/C17H16F3N3O3S/c1-10-14(13(8-25-2)15(24)26-3)27-16-22(9-21-23(10)16)12-6-4-11(5-7-12)17(18,19)20/h4-9,16H,1-3H3. The van der Waals surface area contributed by atoms with Crippen LogP contribution in [0.5, 0.6) is 0 Å². The first-order valence-corrected chi connectivity index (χ1v) is 8.64. The quantitative estimate of drug-likeness (QED) is 0.437. The number of halogens is 3. The van der Waals surface area contributed by atoms with Crippen LogP contribution in [-0.4, -0.2) is 37.0 Å². The van der Waals surface area contributed by atoms with Crippen LogP contribution in [0.3, 0.4) is 0 Å². The molecule has 0 aliphatic carbocycles. The molecule has 1 unspecified atom stereocenters. The number of rotatable bonds is 4. The molecule has 0 fully saturated rings. The first-order chi connectivity index (χ1) is 12.8. The number of fused-ring (bicyclic) bond motifs is 1. The largest absolute Gasteiger partial charge is 0.503 e. The van der Waals surface area contributed by atoms with Crippen molar-refractivity contribution in [1.82, 2.24) is 5.01 Å². The summed E-state index contributed by atoms with van der Waals surface area (Å²) in [4.78, 5) is 14.4. The number of hydrogen-bond donors (Lipinski definition) is 0. The van der Waals surface area contributed by atoms with Gasteiger partial charge in [0.25, 0.3) is 0 Å². The van der Waals surface area contributed by atoms with Crippen molar-refractivity contribution in [2.75, 3.05) is 19.1 Å². The lowest BCUT2D eigenvalue weighted by atomic mass is 10.2. The van der Waals surface area contributed by atoms with Crippen molar-refractivity contribution in [2.24, 2.45) is 5.10 Å². The van der Waals surface area contributed by atoms with E-state index in [0.717, 1.165) is 12.1 Å². The molecule has 0 saturated heterocycles. The van der Waals surface area contributed by atoms with Crippen LogP contribution in [0, 0.1) is 0 Å². The Balaban J connectivity index is 1.86. The van der Waals surface area contributed by atoms with E-state index in [1.54, 1.807) is 23.2 Å². The summed E-state index contributed by atoms with van der Waals surface area (Å²) in [6.07, 6.45) is -1.55. The van der Waals surface area contributed by atoms with Gasteiger partial charge in [-0.25, -0.2) is 9.80 Å². The molecule has 2 aliphatic rings. The predicted molar refractivity (Wildman–Crippen MR) is 95.4 cm³/mol. The van der Waals surface area contributed by atoms with Gasteiger partial charge in [-0.15, -0.1) is 0 Å². The van der Waals surface area contributed by atoms with Crippen molar-refractivity contribution in [3.8, 4) is 0 Å². The highest BCUT2D eigenvalue weighted by Crippen LogP contribution is 2.46. The summed E-state index contributed by atoms with van der Waals surface area (Å²) in [5, 5.41) is 5.98. The molecule has 2 heterocycles. The molecule has 0 amide bonds. The zero-order valence-electron chi connectivity index (χ0n) is 14.6. The number of carbonyl (C=O) groups excluding carboxylic acids is 1. The number of allylic oxidation sites excluding steroid dienone is 1. The minimum atomic E-state index is -4.39. The van der Waals surface area contributed by atoms with E-state index in [-0.39, 0.29) is 11.1 Å². The molecule has 1 atom stereocenters. The molecule has 27 heavy (non-hydrogen) atoms. The summed E-state index contributed by atoms with van der Waals surface area (Å²) in [6, 6.07) is 4.82. The molecule has 6 nitrogen and oxygen atoms in total. The van der Waals surface area contributed by atoms with E-state index in [1.807, 2.05) is 0 Å². The Morgan fingerprint density at radius 3 is 2.48 bits per heavy atom. The van der Waals surface area contributed by atoms with Gasteiger partial charge in [-0.2, -0.15) is 18.3 Å². The molecule has 0 bridgehead atoms. The third kappa shape index (κ3) is 3.48. The Morgan fingerprint density at radius 2 is 1.93 bits per heavy atom. The molecule has 0 radical (unpaired) electrons. The fourth-order valence-corrected chi connectivity index (χ4v) is 4.03. The molecule has 1 aromatic carbocycles. The van der Waals surface area contributed by atoms with Crippen molar-refractivity contribution in [1.29, 1.82) is 0 Å². The molecule has 1 aromatic rings. The van der Waals surface area contributed by atoms with E-state index in [0.29, 0.717) is 16.3 Å². The van der Waals surface area contributed by atoms with Gasteiger partial charge in [0, 0.05) is 10.6 Å². The second-order valence-corrected chi connectivity index (χ2v) is 6.71. The first-order valence-electron chi connectivity index (χ1n) is 7.76. The Hall–Kier alpha value is -2.62. The van der Waals surface area contributed by atoms with Gasteiger partial charge in [0.2, 0.25) is 0 Å². The van der Waals surface area contributed by atoms with E-state index in [9.17, 15) is 18.0 Å². The molecule has 0 N–H and O–H groups in total. The average molecular weight is 399 g/mol. The number of nitrogens with zero attached hydrogens (tertiary/aromatic N) is 3. The molecule has 2 aliphatic heterocycles. The smallest absolute Gasteiger partial charge is 0.416 e. The summed E-state index contributed by atoms with van der Waals surface area (Å²) in [5.41, 5.74) is 0.436. The zero-order chi connectivity index (χ0) is 19.8. The molecule has 144 valence electrons. The molecule has 0 aromatic heterocycles. The van der Waals surface area contributed by atoms with Crippen molar-refractivity contribution < 1.29 is 27.4 Å². The second-order valence-electron chi connectivity index (χ2n) is 5.64. The third-order valence-corrected chi connectivity index (χ3v) is 5.41. The van der Waals surface area contributed by atoms with Crippen LogP contribution in [0.25, 0.3) is 0 Å². The van der Waals surface area contributed by atoms with Gasteiger partial charge in [-0.3, -0.25) is 4.90 Å². The van der Waals surface area contributed by atoms with Crippen LogP contribution in [0.4, 0.5) is 18.9 Å². The normalized spacial score (nSPS) is 19.6. The van der Waals surface area contributed by atoms with Crippen molar-refractivity contribution in [3.05, 3.63) is 52.3 Å². The summed E-state index contributed by atoms with van der Waals surface area (Å²) in [7, 11) is 2.70. The van der Waals surface area contributed by atoms with Gasteiger partial charge in [-0.1, -0.05) is 11.8 Å². The summed E-state index contributed by atoms with van der Waals surface area (Å²) in [5.74, 6) is -0.551. The SMILES string of the molecule is COC=C(C(=O)OC)C1=C(C)N2N=CN(c3ccc(C(F)(F)F)cc3)C2S1. The highest BCUT2D eigenvalue weighted by Gasteiger charge is 2.41. The maximum Gasteiger partial charge on any atom is 0.416 e. The lowest BCUT2D eigenvalue weighted by Gasteiger charge is -2.24. The minimum absolute atomic E-state index is 0.250. The number of carbonyl (C=O) groups is 1. The van der Waals surface area contributed by atoms with E-state index in [1.165, 1.54) is 44.4 Å².